The van der Waals surface area contributed by atoms with E-state index in [2.05, 4.69) is 89.8 Å². The third-order valence-electron chi connectivity index (χ3n) is 5.26. The lowest BCUT2D eigenvalue weighted by molar-refractivity contribution is 0.289. The Morgan fingerprint density at radius 2 is 1.77 bits per heavy atom. The lowest BCUT2D eigenvalue weighted by atomic mass is 10.0. The van der Waals surface area contributed by atoms with Crippen molar-refractivity contribution in [2.24, 2.45) is 0 Å². The summed E-state index contributed by atoms with van der Waals surface area (Å²) < 4.78 is 8.06. The number of benzene rings is 3. The van der Waals surface area contributed by atoms with Crippen LogP contribution in [0.25, 0.3) is 10.8 Å². The number of hydrogen-bond donors (Lipinski definition) is 0. The van der Waals surface area contributed by atoms with Gasteiger partial charge in [0.1, 0.15) is 12.4 Å². The first-order chi connectivity index (χ1) is 15.2. The summed E-state index contributed by atoms with van der Waals surface area (Å²) >= 11 is 1.69. The summed E-state index contributed by atoms with van der Waals surface area (Å²) in [5.74, 6) is 2.97. The van der Waals surface area contributed by atoms with Crippen LogP contribution in [0.1, 0.15) is 36.7 Å². The minimum atomic E-state index is 0.372. The molecule has 0 unspecified atom stereocenters. The van der Waals surface area contributed by atoms with Crippen molar-refractivity contribution in [1.82, 2.24) is 14.8 Å². The van der Waals surface area contributed by atoms with E-state index >= 15 is 0 Å². The Labute approximate surface area is 188 Å². The molecule has 0 saturated carbocycles. The lowest BCUT2D eigenvalue weighted by Gasteiger charge is -2.11. The van der Waals surface area contributed by atoms with Crippen molar-refractivity contribution in [3.63, 3.8) is 0 Å². The molecule has 0 saturated heterocycles. The number of thioether (sulfide) groups is 1. The maximum atomic E-state index is 5.98. The minimum absolute atomic E-state index is 0.372. The van der Waals surface area contributed by atoms with Gasteiger partial charge in [-0.1, -0.05) is 86.3 Å². The standard InChI is InChI=1S/C26H27N3OS/c1-4-16-29-25(17-30-23-14-12-20(13-15-23)19(2)3)27-28-26(29)31-18-22-10-7-9-21-8-5-6-11-24(21)22/h4-15,19H,1,16-18H2,2-3H3. The largest absolute Gasteiger partial charge is 0.486 e. The van der Waals surface area contributed by atoms with Crippen molar-refractivity contribution >= 4 is 22.5 Å². The van der Waals surface area contributed by atoms with Gasteiger partial charge < -0.3 is 4.74 Å². The van der Waals surface area contributed by atoms with Crippen molar-refractivity contribution < 1.29 is 4.74 Å². The molecule has 5 heteroatoms. The molecule has 4 rings (SSSR count). The van der Waals surface area contributed by atoms with Crippen molar-refractivity contribution in [2.45, 2.75) is 43.8 Å². The Bertz CT molecular complexity index is 1160. The highest BCUT2D eigenvalue weighted by atomic mass is 32.2. The quantitative estimate of drug-likeness (QED) is 0.222. The Hall–Kier alpha value is -3.05. The van der Waals surface area contributed by atoms with E-state index in [1.165, 1.54) is 21.9 Å². The van der Waals surface area contributed by atoms with E-state index in [0.717, 1.165) is 22.5 Å². The summed E-state index contributed by atoms with van der Waals surface area (Å²) in [7, 11) is 0. The summed E-state index contributed by atoms with van der Waals surface area (Å²) in [5.41, 5.74) is 2.59. The molecule has 3 aromatic carbocycles. The SMILES string of the molecule is C=CCn1c(COc2ccc(C(C)C)cc2)nnc1SCc1cccc2ccccc12. The molecule has 0 bridgehead atoms. The van der Waals surface area contributed by atoms with Crippen LogP contribution >= 0.6 is 11.8 Å². The minimum Gasteiger partial charge on any atom is -0.486 e. The second-order valence-corrected chi connectivity index (χ2v) is 8.68. The normalized spacial score (nSPS) is 11.2. The molecule has 0 fully saturated rings. The molecule has 0 radical (unpaired) electrons. The first kappa shape index (κ1) is 21.2. The van der Waals surface area contributed by atoms with Crippen LogP contribution in [0.15, 0.2) is 84.5 Å². The zero-order valence-electron chi connectivity index (χ0n) is 18.0. The van der Waals surface area contributed by atoms with Crippen LogP contribution in [-0.4, -0.2) is 14.8 Å². The fourth-order valence-electron chi connectivity index (χ4n) is 3.50. The van der Waals surface area contributed by atoms with Gasteiger partial charge in [0.05, 0.1) is 0 Å². The lowest BCUT2D eigenvalue weighted by Crippen LogP contribution is -2.07. The van der Waals surface area contributed by atoms with E-state index in [9.17, 15) is 0 Å². The molecule has 0 spiro atoms. The van der Waals surface area contributed by atoms with E-state index in [4.69, 9.17) is 4.74 Å². The number of ether oxygens (including phenoxy) is 1. The Kier molecular flexibility index (Phi) is 6.73. The number of fused-ring (bicyclic) bond motifs is 1. The summed E-state index contributed by atoms with van der Waals surface area (Å²) in [6.07, 6.45) is 1.87. The van der Waals surface area contributed by atoms with E-state index in [-0.39, 0.29) is 0 Å². The van der Waals surface area contributed by atoms with Gasteiger partial charge >= 0.3 is 0 Å². The zero-order valence-corrected chi connectivity index (χ0v) is 18.8. The highest BCUT2D eigenvalue weighted by molar-refractivity contribution is 7.98. The third kappa shape index (κ3) is 5.00. The molecule has 0 aliphatic rings. The summed E-state index contributed by atoms with van der Waals surface area (Å²) in [6.45, 7) is 9.29. The van der Waals surface area contributed by atoms with Crippen LogP contribution in [0, 0.1) is 0 Å². The second-order valence-electron chi connectivity index (χ2n) is 7.74. The number of allylic oxidation sites excluding steroid dienone is 1. The molecule has 1 aromatic heterocycles. The monoisotopic (exact) mass is 429 g/mol. The van der Waals surface area contributed by atoms with Gasteiger partial charge in [0.2, 0.25) is 0 Å². The average Bonchev–Trinajstić information content (AvgIpc) is 3.18. The molecule has 0 N–H and O–H groups in total. The molecule has 0 aliphatic carbocycles. The molecule has 4 nitrogen and oxygen atoms in total. The fourth-order valence-corrected chi connectivity index (χ4v) is 4.47. The summed E-state index contributed by atoms with van der Waals surface area (Å²) in [4.78, 5) is 0. The van der Waals surface area contributed by atoms with Crippen molar-refractivity contribution in [3.05, 3.63) is 96.3 Å². The third-order valence-corrected chi connectivity index (χ3v) is 6.27. The van der Waals surface area contributed by atoms with Crippen LogP contribution < -0.4 is 4.74 Å². The molecular weight excluding hydrogens is 402 g/mol. The predicted octanol–water partition coefficient (Wildman–Crippen LogP) is 6.61. The van der Waals surface area contributed by atoms with E-state index in [1.54, 1.807) is 11.8 Å². The molecular formula is C26H27N3OS. The molecule has 31 heavy (non-hydrogen) atoms. The number of hydrogen-bond acceptors (Lipinski definition) is 4. The van der Waals surface area contributed by atoms with E-state index in [1.807, 2.05) is 18.2 Å². The predicted molar refractivity (Wildman–Crippen MR) is 129 cm³/mol. The van der Waals surface area contributed by atoms with Crippen LogP contribution in [0.4, 0.5) is 0 Å². The molecule has 0 amide bonds. The van der Waals surface area contributed by atoms with Gasteiger partial charge in [0, 0.05) is 12.3 Å². The number of rotatable bonds is 9. The fraction of sp³-hybridized carbons (Fsp3) is 0.231. The maximum Gasteiger partial charge on any atom is 0.191 e. The topological polar surface area (TPSA) is 39.9 Å². The van der Waals surface area contributed by atoms with Crippen molar-refractivity contribution in [2.75, 3.05) is 0 Å². The van der Waals surface area contributed by atoms with Gasteiger partial charge in [0.15, 0.2) is 11.0 Å². The average molecular weight is 430 g/mol. The van der Waals surface area contributed by atoms with Crippen LogP contribution in [0.3, 0.4) is 0 Å². The first-order valence-corrected chi connectivity index (χ1v) is 11.5. The van der Waals surface area contributed by atoms with E-state index < -0.39 is 0 Å². The molecule has 0 atom stereocenters. The van der Waals surface area contributed by atoms with Gasteiger partial charge in [-0.15, -0.1) is 16.8 Å². The van der Waals surface area contributed by atoms with Gasteiger partial charge in [-0.3, -0.25) is 4.57 Å². The Morgan fingerprint density at radius 1 is 1.00 bits per heavy atom. The summed E-state index contributed by atoms with van der Waals surface area (Å²) in [6, 6.07) is 23.1. The maximum absolute atomic E-state index is 5.98. The van der Waals surface area contributed by atoms with Crippen LogP contribution in [-0.2, 0) is 18.9 Å². The van der Waals surface area contributed by atoms with Crippen LogP contribution in [0.5, 0.6) is 5.75 Å². The molecule has 158 valence electrons. The van der Waals surface area contributed by atoms with Gasteiger partial charge in [-0.2, -0.15) is 0 Å². The van der Waals surface area contributed by atoms with Crippen molar-refractivity contribution in [3.8, 4) is 5.75 Å². The molecule has 1 heterocycles. The van der Waals surface area contributed by atoms with Gasteiger partial charge in [-0.05, 0) is 39.9 Å². The number of aromatic nitrogens is 3. The molecule has 4 aromatic rings. The van der Waals surface area contributed by atoms with E-state index in [0.29, 0.717) is 19.1 Å². The first-order valence-electron chi connectivity index (χ1n) is 10.5. The summed E-state index contributed by atoms with van der Waals surface area (Å²) in [5, 5.41) is 12.2. The Morgan fingerprint density at radius 3 is 2.55 bits per heavy atom. The number of nitrogens with zero attached hydrogens (tertiary/aromatic N) is 3. The highest BCUT2D eigenvalue weighted by Crippen LogP contribution is 2.27. The zero-order chi connectivity index (χ0) is 21.6. The van der Waals surface area contributed by atoms with Gasteiger partial charge in [0.25, 0.3) is 0 Å². The van der Waals surface area contributed by atoms with Crippen molar-refractivity contribution in [1.29, 1.82) is 0 Å². The van der Waals surface area contributed by atoms with Gasteiger partial charge in [-0.25, -0.2) is 0 Å². The highest BCUT2D eigenvalue weighted by Gasteiger charge is 2.13. The Balaban J connectivity index is 1.47. The van der Waals surface area contributed by atoms with Crippen LogP contribution in [0.2, 0.25) is 0 Å². The molecule has 0 aliphatic heterocycles. The smallest absolute Gasteiger partial charge is 0.191 e. The second kappa shape index (κ2) is 9.84.